The fraction of sp³-hybridized carbons (Fsp3) is 0.778. The van der Waals surface area contributed by atoms with Gasteiger partial charge in [0.1, 0.15) is 6.67 Å². The predicted molar refractivity (Wildman–Crippen MR) is 49.5 cm³/mol. The summed E-state index contributed by atoms with van der Waals surface area (Å²) in [6.45, 7) is 2.07. The maximum atomic E-state index is 12.5. The molecular formula is C9H16FNO3. The summed E-state index contributed by atoms with van der Waals surface area (Å²) in [7, 11) is 0. The maximum absolute atomic E-state index is 12.5. The Morgan fingerprint density at radius 3 is 2.14 bits per heavy atom. The van der Waals surface area contributed by atoms with E-state index in [0.29, 0.717) is 0 Å². The summed E-state index contributed by atoms with van der Waals surface area (Å²) in [5.41, 5.74) is 5.30. The Balaban J connectivity index is 4.68. The summed E-state index contributed by atoms with van der Waals surface area (Å²) < 4.78 is 12.5. The van der Waals surface area contributed by atoms with E-state index in [1.807, 2.05) is 0 Å². The molecule has 0 amide bonds. The van der Waals surface area contributed by atoms with Gasteiger partial charge in [0.25, 0.3) is 0 Å². The Morgan fingerprint density at radius 2 is 1.93 bits per heavy atom. The molecule has 0 aromatic carbocycles. The van der Waals surface area contributed by atoms with Crippen molar-refractivity contribution >= 4 is 11.8 Å². The van der Waals surface area contributed by atoms with Gasteiger partial charge in [-0.3, -0.25) is 14.0 Å². The highest BCUT2D eigenvalue weighted by atomic mass is 19.1. The first-order valence-corrected chi connectivity index (χ1v) is 4.53. The molecule has 0 radical (unpaired) electrons. The number of aliphatic carboxylic acids is 1. The van der Waals surface area contributed by atoms with Crippen molar-refractivity contribution in [3.8, 4) is 0 Å². The second-order valence-electron chi connectivity index (χ2n) is 3.30. The number of carboxylic acid groups (broad SMARTS) is 1. The molecule has 3 N–H and O–H groups in total. The fourth-order valence-electron chi connectivity index (χ4n) is 1.35. The number of carbonyl (C=O) groups excluding carboxylic acids is 1. The first-order chi connectivity index (χ1) is 6.45. The van der Waals surface area contributed by atoms with Crippen LogP contribution in [-0.4, -0.2) is 29.6 Å². The molecular weight excluding hydrogens is 189 g/mol. The van der Waals surface area contributed by atoms with Crippen molar-refractivity contribution in [2.75, 3.05) is 6.67 Å². The van der Waals surface area contributed by atoms with E-state index >= 15 is 0 Å². The van der Waals surface area contributed by atoms with E-state index in [-0.39, 0.29) is 6.42 Å². The molecule has 82 valence electrons. The Hall–Kier alpha value is -0.970. The van der Waals surface area contributed by atoms with E-state index in [1.54, 1.807) is 6.92 Å². The molecule has 5 heteroatoms. The Bertz CT molecular complexity index is 218. The molecule has 0 heterocycles. The minimum Gasteiger partial charge on any atom is -0.481 e. The third-order valence-electron chi connectivity index (χ3n) is 2.22. The summed E-state index contributed by atoms with van der Waals surface area (Å²) in [4.78, 5) is 22.0. The molecule has 0 spiro atoms. The van der Waals surface area contributed by atoms with Crippen molar-refractivity contribution in [1.29, 1.82) is 0 Å². The Morgan fingerprint density at radius 1 is 1.43 bits per heavy atom. The second kappa shape index (κ2) is 5.70. The van der Waals surface area contributed by atoms with Gasteiger partial charge in [0.05, 0.1) is 17.9 Å². The Labute approximate surface area is 82.3 Å². The third kappa shape index (κ3) is 3.06. The van der Waals surface area contributed by atoms with Crippen molar-refractivity contribution < 1.29 is 19.1 Å². The van der Waals surface area contributed by atoms with Gasteiger partial charge in [-0.2, -0.15) is 0 Å². The molecule has 0 aliphatic rings. The molecule has 3 unspecified atom stereocenters. The Kier molecular flexibility index (Phi) is 5.30. The first-order valence-electron chi connectivity index (χ1n) is 4.53. The van der Waals surface area contributed by atoms with Crippen molar-refractivity contribution in [2.24, 2.45) is 17.6 Å². The normalized spacial score (nSPS) is 17.1. The highest BCUT2D eigenvalue weighted by molar-refractivity contribution is 5.89. The molecule has 0 fully saturated rings. The van der Waals surface area contributed by atoms with Crippen LogP contribution in [0.15, 0.2) is 0 Å². The largest absolute Gasteiger partial charge is 0.481 e. The minimum atomic E-state index is -1.15. The van der Waals surface area contributed by atoms with E-state index in [0.717, 1.165) is 0 Å². The van der Waals surface area contributed by atoms with Crippen LogP contribution in [0.3, 0.4) is 0 Å². The summed E-state index contributed by atoms with van der Waals surface area (Å²) in [5, 5.41) is 8.75. The van der Waals surface area contributed by atoms with E-state index in [2.05, 4.69) is 0 Å². The van der Waals surface area contributed by atoms with Gasteiger partial charge in [-0.15, -0.1) is 0 Å². The number of hydrogen-bond acceptors (Lipinski definition) is 3. The van der Waals surface area contributed by atoms with Gasteiger partial charge in [0.2, 0.25) is 0 Å². The van der Waals surface area contributed by atoms with Gasteiger partial charge in [-0.05, 0) is 13.3 Å². The van der Waals surface area contributed by atoms with Crippen molar-refractivity contribution in [3.63, 3.8) is 0 Å². The topological polar surface area (TPSA) is 80.4 Å². The minimum absolute atomic E-state index is 0.225. The molecule has 0 aromatic heterocycles. The third-order valence-corrected chi connectivity index (χ3v) is 2.22. The van der Waals surface area contributed by atoms with Crippen molar-refractivity contribution in [2.45, 2.75) is 26.3 Å². The van der Waals surface area contributed by atoms with Crippen LogP contribution in [0.25, 0.3) is 0 Å². The zero-order chi connectivity index (χ0) is 11.3. The quantitative estimate of drug-likeness (QED) is 0.665. The van der Waals surface area contributed by atoms with Gasteiger partial charge in [0, 0.05) is 0 Å². The van der Waals surface area contributed by atoms with Crippen molar-refractivity contribution in [3.05, 3.63) is 0 Å². The van der Waals surface area contributed by atoms with Gasteiger partial charge in [-0.1, -0.05) is 6.92 Å². The standard InChI is InChI=1S/C9H16FNO3/c1-3-6(9(13)14)7(4-10)8(12)5(2)11/h5-7H,3-4,11H2,1-2H3,(H,13,14). The van der Waals surface area contributed by atoms with E-state index in [9.17, 15) is 14.0 Å². The summed E-state index contributed by atoms with van der Waals surface area (Å²) in [5.74, 6) is -3.76. The highest BCUT2D eigenvalue weighted by Crippen LogP contribution is 2.19. The number of ketones is 1. The maximum Gasteiger partial charge on any atom is 0.307 e. The van der Waals surface area contributed by atoms with Crippen LogP contribution >= 0.6 is 0 Å². The van der Waals surface area contributed by atoms with Crippen LogP contribution in [0.4, 0.5) is 4.39 Å². The lowest BCUT2D eigenvalue weighted by atomic mass is 9.85. The summed E-state index contributed by atoms with van der Waals surface area (Å²) in [6.07, 6.45) is 0.225. The molecule has 0 aromatic rings. The number of alkyl halides is 1. The number of carboxylic acids is 1. The number of carbonyl (C=O) groups is 2. The zero-order valence-corrected chi connectivity index (χ0v) is 8.37. The number of rotatable bonds is 6. The number of Topliss-reactive ketones (excluding diaryl/α,β-unsaturated/α-hetero) is 1. The summed E-state index contributed by atoms with van der Waals surface area (Å²) >= 11 is 0. The predicted octanol–water partition coefficient (Wildman–Crippen LogP) is 0.599. The van der Waals surface area contributed by atoms with Gasteiger partial charge < -0.3 is 10.8 Å². The molecule has 0 saturated carbocycles. The van der Waals surface area contributed by atoms with Crippen LogP contribution in [0.1, 0.15) is 20.3 Å². The average molecular weight is 205 g/mol. The second-order valence-corrected chi connectivity index (χ2v) is 3.30. The van der Waals surface area contributed by atoms with Crippen molar-refractivity contribution in [1.82, 2.24) is 0 Å². The molecule has 0 saturated heterocycles. The molecule has 0 aliphatic carbocycles. The van der Waals surface area contributed by atoms with Crippen LogP contribution in [0, 0.1) is 11.8 Å². The van der Waals surface area contributed by atoms with Gasteiger partial charge in [0.15, 0.2) is 5.78 Å². The molecule has 0 aliphatic heterocycles. The van der Waals surface area contributed by atoms with E-state index in [1.165, 1.54) is 6.92 Å². The van der Waals surface area contributed by atoms with Crippen LogP contribution < -0.4 is 5.73 Å². The average Bonchev–Trinajstić information content (AvgIpc) is 2.11. The smallest absolute Gasteiger partial charge is 0.307 e. The number of nitrogens with two attached hydrogens (primary N) is 1. The number of halogens is 1. The molecule has 0 bridgehead atoms. The van der Waals surface area contributed by atoms with Crippen LogP contribution in [0.2, 0.25) is 0 Å². The van der Waals surface area contributed by atoms with E-state index in [4.69, 9.17) is 10.8 Å². The molecule has 3 atom stereocenters. The number of hydrogen-bond donors (Lipinski definition) is 2. The van der Waals surface area contributed by atoms with Gasteiger partial charge in [-0.25, -0.2) is 0 Å². The lowest BCUT2D eigenvalue weighted by Crippen LogP contribution is -2.40. The highest BCUT2D eigenvalue weighted by Gasteiger charge is 2.33. The lowest BCUT2D eigenvalue weighted by Gasteiger charge is -2.20. The first kappa shape index (κ1) is 13.0. The van der Waals surface area contributed by atoms with E-state index < -0.39 is 36.3 Å². The molecule has 0 rings (SSSR count). The lowest BCUT2D eigenvalue weighted by molar-refractivity contribution is -0.147. The fourth-order valence-corrected chi connectivity index (χ4v) is 1.35. The molecule has 14 heavy (non-hydrogen) atoms. The molecule has 4 nitrogen and oxygen atoms in total. The summed E-state index contributed by atoms with van der Waals surface area (Å²) in [6, 6.07) is -0.816. The SMILES string of the molecule is CCC(C(=O)O)C(CF)C(=O)C(C)N. The van der Waals surface area contributed by atoms with Crippen LogP contribution in [-0.2, 0) is 9.59 Å². The van der Waals surface area contributed by atoms with Gasteiger partial charge >= 0.3 is 5.97 Å². The van der Waals surface area contributed by atoms with Crippen LogP contribution in [0.5, 0.6) is 0 Å². The monoisotopic (exact) mass is 205 g/mol. The zero-order valence-electron chi connectivity index (χ0n) is 8.37.